The summed E-state index contributed by atoms with van der Waals surface area (Å²) >= 11 is 0. The van der Waals surface area contributed by atoms with Crippen LogP contribution in [0.4, 0.5) is 11.6 Å². The van der Waals surface area contributed by atoms with E-state index in [9.17, 15) is 4.79 Å². The van der Waals surface area contributed by atoms with E-state index in [0.717, 1.165) is 16.6 Å². The molecule has 0 atom stereocenters. The van der Waals surface area contributed by atoms with Gasteiger partial charge in [-0.2, -0.15) is 4.98 Å². The van der Waals surface area contributed by atoms with Crippen molar-refractivity contribution in [2.24, 2.45) is 0 Å². The second-order valence-electron chi connectivity index (χ2n) is 10.1. The molecule has 2 heterocycles. The van der Waals surface area contributed by atoms with E-state index in [0.29, 0.717) is 47.0 Å². The molecule has 0 amide bonds. The molecule has 0 fully saturated rings. The van der Waals surface area contributed by atoms with E-state index in [1.807, 2.05) is 24.3 Å². The van der Waals surface area contributed by atoms with Gasteiger partial charge < -0.3 is 20.1 Å². The number of benzene rings is 1. The van der Waals surface area contributed by atoms with Gasteiger partial charge in [-0.05, 0) is 34.3 Å². The Balaban J connectivity index is 1.89. The number of pyridine rings is 1. The van der Waals surface area contributed by atoms with E-state index in [1.54, 1.807) is 24.4 Å². The van der Waals surface area contributed by atoms with Crippen LogP contribution in [0.2, 0.25) is 16.6 Å². The lowest BCUT2D eigenvalue weighted by atomic mass is 10.2. The van der Waals surface area contributed by atoms with Crippen molar-refractivity contribution in [3.8, 4) is 11.5 Å². The summed E-state index contributed by atoms with van der Waals surface area (Å²) in [5.74, 6) is 3.76. The normalized spacial score (nSPS) is 12.1. The van der Waals surface area contributed by atoms with Gasteiger partial charge in [0.1, 0.15) is 13.7 Å². The van der Waals surface area contributed by atoms with E-state index in [1.165, 1.54) is 0 Å². The van der Waals surface area contributed by atoms with Crippen LogP contribution < -0.4 is 10.9 Å². The van der Waals surface area contributed by atoms with Crippen LogP contribution in [0.5, 0.6) is 0 Å². The van der Waals surface area contributed by atoms with Crippen LogP contribution >= 0.6 is 0 Å². The van der Waals surface area contributed by atoms with Crippen molar-refractivity contribution >= 4 is 30.7 Å². The molecule has 3 aromatic rings. The minimum absolute atomic E-state index is 0.00417. The summed E-state index contributed by atoms with van der Waals surface area (Å²) in [6.45, 7) is 14.5. The van der Waals surface area contributed by atoms with Crippen molar-refractivity contribution in [3.05, 3.63) is 70.2 Å². The van der Waals surface area contributed by atoms with Crippen molar-refractivity contribution in [3.63, 3.8) is 0 Å². The number of aliphatic hydroxyl groups excluding tert-OH is 1. The average Bonchev–Trinajstić information content (AvgIpc) is 2.83. The molecule has 7 nitrogen and oxygen atoms in total. The van der Waals surface area contributed by atoms with Gasteiger partial charge in [-0.15, -0.1) is 5.54 Å². The second-order valence-corrected chi connectivity index (χ2v) is 15.7. The number of aromatic amines is 1. The van der Waals surface area contributed by atoms with Gasteiger partial charge in [-0.1, -0.05) is 71.7 Å². The third-order valence-corrected chi connectivity index (χ3v) is 13.1. The molecule has 0 radical (unpaired) electrons. The first-order chi connectivity index (χ1) is 17.7. The molecular weight excluding hydrogens is 480 g/mol. The number of anilines is 2. The highest BCUT2D eigenvalue weighted by Gasteiger charge is 2.41. The van der Waals surface area contributed by atoms with Crippen LogP contribution in [0, 0.1) is 11.5 Å². The lowest BCUT2D eigenvalue weighted by Gasteiger charge is -2.38. The maximum Gasteiger partial charge on any atom is 0.250 e. The fourth-order valence-corrected chi connectivity index (χ4v) is 10.3. The van der Waals surface area contributed by atoms with Crippen LogP contribution in [0.3, 0.4) is 0 Å². The minimum Gasteiger partial charge on any atom is -0.392 e. The average molecular weight is 519 g/mol. The number of H-pyrrole nitrogens is 1. The highest BCUT2D eigenvalue weighted by molar-refractivity contribution is 6.90. The Morgan fingerprint density at radius 1 is 1.11 bits per heavy atom. The van der Waals surface area contributed by atoms with Crippen molar-refractivity contribution in [1.82, 2.24) is 15.0 Å². The van der Waals surface area contributed by atoms with E-state index >= 15 is 0 Å². The van der Waals surface area contributed by atoms with Gasteiger partial charge >= 0.3 is 0 Å². The van der Waals surface area contributed by atoms with Crippen molar-refractivity contribution in [1.29, 1.82) is 0 Å². The Labute approximate surface area is 220 Å². The lowest BCUT2D eigenvalue weighted by molar-refractivity contribution is 0.148. The van der Waals surface area contributed by atoms with Crippen molar-refractivity contribution in [2.75, 3.05) is 18.5 Å². The molecule has 0 aliphatic heterocycles. The van der Waals surface area contributed by atoms with Crippen LogP contribution in [0.1, 0.15) is 52.7 Å². The predicted molar refractivity (Wildman–Crippen MR) is 154 cm³/mol. The first-order valence-corrected chi connectivity index (χ1v) is 15.0. The zero-order valence-corrected chi connectivity index (χ0v) is 23.6. The summed E-state index contributed by atoms with van der Waals surface area (Å²) < 4.78 is 5.60. The van der Waals surface area contributed by atoms with Crippen LogP contribution in [0.25, 0.3) is 11.0 Å². The van der Waals surface area contributed by atoms with E-state index < -0.39 is 8.07 Å². The number of aliphatic hydroxyl groups is 1. The predicted octanol–water partition coefficient (Wildman–Crippen LogP) is 5.70. The summed E-state index contributed by atoms with van der Waals surface area (Å²) in [4.78, 5) is 24.4. The SMILES string of the molecule is CC(C)[Si](C#Cc1cc(=O)[nH]c2nc(Nc3cccc(COC/C=C\CO)c3)ncc12)(C(C)C)C(C)C. The van der Waals surface area contributed by atoms with E-state index in [2.05, 4.69) is 73.3 Å². The summed E-state index contributed by atoms with van der Waals surface area (Å²) in [6, 6.07) is 9.32. The molecule has 0 bridgehead atoms. The first-order valence-electron chi connectivity index (χ1n) is 12.8. The van der Waals surface area contributed by atoms with Gasteiger partial charge in [0.05, 0.1) is 25.2 Å². The number of ether oxygens (including phenoxy) is 1. The Morgan fingerprint density at radius 3 is 2.51 bits per heavy atom. The lowest BCUT2D eigenvalue weighted by Crippen LogP contribution is -2.43. The highest BCUT2D eigenvalue weighted by Crippen LogP contribution is 2.40. The molecule has 3 N–H and O–H groups in total. The topological polar surface area (TPSA) is 100 Å². The smallest absolute Gasteiger partial charge is 0.250 e. The van der Waals surface area contributed by atoms with E-state index in [4.69, 9.17) is 9.84 Å². The Hall–Kier alpha value is -3.25. The van der Waals surface area contributed by atoms with Gasteiger partial charge in [-0.25, -0.2) is 4.98 Å². The molecule has 37 heavy (non-hydrogen) atoms. The molecule has 0 unspecified atom stereocenters. The molecule has 0 spiro atoms. The molecular formula is C29H38N4O3Si. The molecule has 0 aliphatic rings. The summed E-state index contributed by atoms with van der Waals surface area (Å²) in [7, 11) is -1.95. The minimum atomic E-state index is -1.95. The maximum absolute atomic E-state index is 12.5. The highest BCUT2D eigenvalue weighted by atomic mass is 28.3. The van der Waals surface area contributed by atoms with E-state index in [-0.39, 0.29) is 12.2 Å². The molecule has 3 rings (SSSR count). The number of rotatable bonds is 10. The Morgan fingerprint density at radius 2 is 1.84 bits per heavy atom. The van der Waals surface area contributed by atoms with Gasteiger partial charge in [-0.3, -0.25) is 4.79 Å². The molecule has 0 saturated carbocycles. The van der Waals surface area contributed by atoms with Crippen molar-refractivity contribution < 1.29 is 9.84 Å². The maximum atomic E-state index is 12.5. The number of nitrogens with zero attached hydrogens (tertiary/aromatic N) is 2. The summed E-state index contributed by atoms with van der Waals surface area (Å²) in [5.41, 5.74) is 7.87. The quantitative estimate of drug-likeness (QED) is 0.138. The van der Waals surface area contributed by atoms with Gasteiger partial charge in [0.25, 0.3) is 5.56 Å². The van der Waals surface area contributed by atoms with Crippen molar-refractivity contribution in [2.45, 2.75) is 64.8 Å². The second kappa shape index (κ2) is 12.8. The summed E-state index contributed by atoms with van der Waals surface area (Å²) in [5, 5.41) is 12.7. The van der Waals surface area contributed by atoms with Gasteiger partial charge in [0, 0.05) is 23.5 Å². The number of aromatic nitrogens is 3. The molecule has 196 valence electrons. The monoisotopic (exact) mass is 518 g/mol. The molecule has 8 heteroatoms. The number of nitrogens with one attached hydrogen (secondary N) is 2. The fourth-order valence-electron chi connectivity index (χ4n) is 5.06. The Bertz CT molecular complexity index is 1330. The zero-order chi connectivity index (χ0) is 27.0. The third kappa shape index (κ3) is 6.95. The fraction of sp³-hybridized carbons (Fsp3) is 0.414. The van der Waals surface area contributed by atoms with Crippen LogP contribution in [-0.4, -0.2) is 41.3 Å². The number of hydrogen-bond donors (Lipinski definition) is 3. The Kier molecular flexibility index (Phi) is 9.81. The third-order valence-electron chi connectivity index (χ3n) is 6.81. The van der Waals surface area contributed by atoms with Gasteiger partial charge in [0.2, 0.25) is 5.95 Å². The number of hydrogen-bond acceptors (Lipinski definition) is 6. The zero-order valence-electron chi connectivity index (χ0n) is 22.6. The molecule has 0 aliphatic carbocycles. The van der Waals surface area contributed by atoms with Crippen LogP contribution in [-0.2, 0) is 11.3 Å². The molecule has 0 saturated heterocycles. The largest absolute Gasteiger partial charge is 0.392 e. The molecule has 1 aromatic carbocycles. The summed E-state index contributed by atoms with van der Waals surface area (Å²) in [6.07, 6.45) is 5.14. The van der Waals surface area contributed by atoms with Crippen LogP contribution in [0.15, 0.2) is 53.5 Å². The van der Waals surface area contributed by atoms with Gasteiger partial charge in [0.15, 0.2) is 0 Å². The first kappa shape index (κ1) is 28.3. The standard InChI is InChI=1S/C29H38N4O3Si/c1-20(2)37(21(3)4,22(5)6)15-12-24-17-27(35)32-28-26(24)18-30-29(33-28)31-25-11-9-10-23(16-25)19-36-14-8-7-13-34/h7-11,16-18,20-22,34H,13-14,19H2,1-6H3,(H2,30,31,32,33,35)/b8-7-. The number of fused-ring (bicyclic) bond motifs is 1. The molecule has 2 aromatic heterocycles.